The van der Waals surface area contributed by atoms with Gasteiger partial charge in [0.25, 0.3) is 5.92 Å². The van der Waals surface area contributed by atoms with Crippen molar-refractivity contribution in [3.8, 4) is 0 Å². The summed E-state index contributed by atoms with van der Waals surface area (Å²) in [7, 11) is 0. The van der Waals surface area contributed by atoms with Gasteiger partial charge in [0.05, 0.1) is 5.41 Å². The Labute approximate surface area is 94.6 Å². The van der Waals surface area contributed by atoms with Gasteiger partial charge in [0.15, 0.2) is 0 Å². The number of carbonyl (C=O) groups excluding carboxylic acids is 1. The third kappa shape index (κ3) is 1.83. The van der Waals surface area contributed by atoms with E-state index in [-0.39, 0.29) is 12.8 Å². The first-order valence-electron chi connectivity index (χ1n) is 4.58. The molecule has 0 amide bonds. The van der Waals surface area contributed by atoms with Crippen molar-refractivity contribution in [2.24, 2.45) is 0 Å². The molecule has 1 aromatic rings. The molecule has 0 radical (unpaired) electrons. The average molecular weight is 275 g/mol. The molecule has 0 aliphatic heterocycles. The summed E-state index contributed by atoms with van der Waals surface area (Å²) in [5.41, 5.74) is -0.295. The van der Waals surface area contributed by atoms with Gasteiger partial charge in [-0.25, -0.2) is 8.78 Å². The molecule has 1 aliphatic carbocycles. The van der Waals surface area contributed by atoms with Gasteiger partial charge in [0, 0.05) is 17.3 Å². The van der Waals surface area contributed by atoms with Crippen molar-refractivity contribution in [1.82, 2.24) is 0 Å². The third-order valence-corrected chi connectivity index (χ3v) is 3.32. The van der Waals surface area contributed by atoms with Gasteiger partial charge in [-0.15, -0.1) is 0 Å². The molecular weight excluding hydrogens is 266 g/mol. The molecule has 80 valence electrons. The monoisotopic (exact) mass is 274 g/mol. The van der Waals surface area contributed by atoms with Crippen LogP contribution in [0.15, 0.2) is 28.7 Å². The van der Waals surface area contributed by atoms with Gasteiger partial charge in [-0.3, -0.25) is 0 Å². The largest absolute Gasteiger partial charge is 0.302 e. The molecule has 4 heteroatoms. The lowest BCUT2D eigenvalue weighted by Gasteiger charge is -2.43. The van der Waals surface area contributed by atoms with Crippen molar-refractivity contribution in [2.45, 2.75) is 24.2 Å². The molecule has 1 nitrogen and oxygen atoms in total. The van der Waals surface area contributed by atoms with Crippen LogP contribution in [-0.4, -0.2) is 12.2 Å². The molecule has 1 saturated carbocycles. The van der Waals surface area contributed by atoms with Crippen LogP contribution in [0.25, 0.3) is 0 Å². The Balaban J connectivity index is 2.29. The first-order valence-corrected chi connectivity index (χ1v) is 5.37. The Morgan fingerprint density at radius 1 is 1.20 bits per heavy atom. The summed E-state index contributed by atoms with van der Waals surface area (Å²) < 4.78 is 26.5. The van der Waals surface area contributed by atoms with Gasteiger partial charge in [-0.2, -0.15) is 0 Å². The van der Waals surface area contributed by atoms with Gasteiger partial charge in [0.2, 0.25) is 0 Å². The van der Waals surface area contributed by atoms with Crippen LogP contribution in [0.5, 0.6) is 0 Å². The molecule has 1 aliphatic rings. The van der Waals surface area contributed by atoms with Crippen molar-refractivity contribution in [1.29, 1.82) is 0 Å². The second kappa shape index (κ2) is 3.37. The second-order valence-electron chi connectivity index (χ2n) is 3.99. The van der Waals surface area contributed by atoms with Crippen molar-refractivity contribution in [3.63, 3.8) is 0 Å². The lowest BCUT2D eigenvalue weighted by molar-refractivity contribution is -0.146. The number of aldehydes is 1. The molecule has 0 heterocycles. The summed E-state index contributed by atoms with van der Waals surface area (Å²) in [6.45, 7) is 0. The minimum atomic E-state index is -2.69. The fraction of sp³-hybridized carbons (Fsp3) is 0.364. The molecule has 0 atom stereocenters. The standard InChI is InChI=1S/C11H9BrF2O/c12-9-3-1-8(2-4-9)10(7-15)5-11(13,14)6-10/h1-4,7H,5-6H2. The highest BCUT2D eigenvalue weighted by atomic mass is 79.9. The first-order chi connectivity index (χ1) is 6.97. The Kier molecular flexibility index (Phi) is 2.41. The van der Waals surface area contributed by atoms with Crippen molar-refractivity contribution in [2.75, 3.05) is 0 Å². The summed E-state index contributed by atoms with van der Waals surface area (Å²) in [5.74, 6) is -2.69. The number of halogens is 3. The normalized spacial score (nSPS) is 21.8. The van der Waals surface area contributed by atoms with E-state index in [1.807, 2.05) is 0 Å². The molecule has 1 fully saturated rings. The van der Waals surface area contributed by atoms with Gasteiger partial charge < -0.3 is 4.79 Å². The quantitative estimate of drug-likeness (QED) is 0.757. The van der Waals surface area contributed by atoms with Crippen LogP contribution in [0.2, 0.25) is 0 Å². The molecule has 2 rings (SSSR count). The topological polar surface area (TPSA) is 17.1 Å². The summed E-state index contributed by atoms with van der Waals surface area (Å²) >= 11 is 3.26. The molecular formula is C11H9BrF2O. The zero-order valence-corrected chi connectivity index (χ0v) is 9.43. The highest BCUT2D eigenvalue weighted by Gasteiger charge is 2.57. The maximum absolute atomic E-state index is 12.8. The van der Waals surface area contributed by atoms with Crippen LogP contribution < -0.4 is 0 Å². The SMILES string of the molecule is O=CC1(c2ccc(Br)cc2)CC(F)(F)C1. The zero-order valence-electron chi connectivity index (χ0n) is 7.84. The number of benzene rings is 1. The second-order valence-corrected chi connectivity index (χ2v) is 4.91. The number of rotatable bonds is 2. The molecule has 0 unspecified atom stereocenters. The Morgan fingerprint density at radius 3 is 2.13 bits per heavy atom. The van der Waals surface area contributed by atoms with Crippen LogP contribution in [0.3, 0.4) is 0 Å². The van der Waals surface area contributed by atoms with Crippen LogP contribution >= 0.6 is 15.9 Å². The van der Waals surface area contributed by atoms with Crippen LogP contribution in [-0.2, 0) is 10.2 Å². The lowest BCUT2D eigenvalue weighted by Crippen LogP contribution is -2.50. The highest BCUT2D eigenvalue weighted by Crippen LogP contribution is 2.52. The molecule has 1 aromatic carbocycles. The van der Waals surface area contributed by atoms with E-state index in [0.717, 1.165) is 4.47 Å². The van der Waals surface area contributed by atoms with Gasteiger partial charge in [-0.05, 0) is 17.7 Å². The summed E-state index contributed by atoms with van der Waals surface area (Å²) in [6.07, 6.45) is -0.0933. The van der Waals surface area contributed by atoms with E-state index in [1.165, 1.54) is 0 Å². The van der Waals surface area contributed by atoms with Crippen LogP contribution in [0.4, 0.5) is 8.78 Å². The fourth-order valence-electron chi connectivity index (χ4n) is 2.01. The number of alkyl halides is 2. The summed E-state index contributed by atoms with van der Waals surface area (Å²) in [4.78, 5) is 10.9. The molecule has 0 aromatic heterocycles. The van der Waals surface area contributed by atoms with E-state index in [1.54, 1.807) is 24.3 Å². The number of hydrogen-bond donors (Lipinski definition) is 0. The molecule has 15 heavy (non-hydrogen) atoms. The summed E-state index contributed by atoms with van der Waals surface area (Å²) in [6, 6.07) is 6.95. The van der Waals surface area contributed by atoms with Crippen molar-refractivity contribution >= 4 is 22.2 Å². The van der Waals surface area contributed by atoms with Crippen molar-refractivity contribution < 1.29 is 13.6 Å². The van der Waals surface area contributed by atoms with Gasteiger partial charge >= 0.3 is 0 Å². The van der Waals surface area contributed by atoms with E-state index >= 15 is 0 Å². The molecule has 0 N–H and O–H groups in total. The minimum Gasteiger partial charge on any atom is -0.302 e. The van der Waals surface area contributed by atoms with Crippen molar-refractivity contribution in [3.05, 3.63) is 34.3 Å². The first kappa shape index (κ1) is 10.7. The van der Waals surface area contributed by atoms with Gasteiger partial charge in [0.1, 0.15) is 6.29 Å². The lowest BCUT2D eigenvalue weighted by atomic mass is 9.63. The van der Waals surface area contributed by atoms with Crippen LogP contribution in [0.1, 0.15) is 18.4 Å². The van der Waals surface area contributed by atoms with Crippen LogP contribution in [0, 0.1) is 0 Å². The summed E-state index contributed by atoms with van der Waals surface area (Å²) in [5, 5.41) is 0. The number of hydrogen-bond acceptors (Lipinski definition) is 1. The predicted molar refractivity (Wildman–Crippen MR) is 56.1 cm³/mol. The maximum Gasteiger partial charge on any atom is 0.250 e. The molecule has 0 bridgehead atoms. The Morgan fingerprint density at radius 2 is 1.73 bits per heavy atom. The van der Waals surface area contributed by atoms with E-state index in [9.17, 15) is 13.6 Å². The van der Waals surface area contributed by atoms with E-state index in [2.05, 4.69) is 15.9 Å². The van der Waals surface area contributed by atoms with Gasteiger partial charge in [-0.1, -0.05) is 28.1 Å². The van der Waals surface area contributed by atoms with E-state index < -0.39 is 11.3 Å². The van der Waals surface area contributed by atoms with E-state index in [0.29, 0.717) is 11.8 Å². The zero-order chi connectivity index (χ0) is 11.1. The predicted octanol–water partition coefficient (Wildman–Crippen LogP) is 3.31. The third-order valence-electron chi connectivity index (χ3n) is 2.79. The van der Waals surface area contributed by atoms with E-state index in [4.69, 9.17) is 0 Å². The fourth-order valence-corrected chi connectivity index (χ4v) is 2.27. The molecule has 0 spiro atoms. The average Bonchev–Trinajstić information content (AvgIpc) is 2.14. The minimum absolute atomic E-state index is 0.370. The Bertz CT molecular complexity index is 378. The smallest absolute Gasteiger partial charge is 0.250 e. The highest BCUT2D eigenvalue weighted by molar-refractivity contribution is 9.10. The molecule has 0 saturated heterocycles. The maximum atomic E-state index is 12.8. The number of carbonyl (C=O) groups is 1. The Hall–Kier alpha value is -0.770.